The number of hydrogen-bond acceptors (Lipinski definition) is 3. The van der Waals surface area contributed by atoms with Crippen LogP contribution in [0.3, 0.4) is 0 Å². The molecule has 0 saturated carbocycles. The normalized spacial score (nSPS) is 10.0. The summed E-state index contributed by atoms with van der Waals surface area (Å²) in [4.78, 5) is 0. The lowest BCUT2D eigenvalue weighted by atomic mass is 10.2. The van der Waals surface area contributed by atoms with Gasteiger partial charge in [-0.3, -0.25) is 0 Å². The molecule has 0 atom stereocenters. The molecule has 0 unspecified atom stereocenters. The molecule has 0 aliphatic heterocycles. The van der Waals surface area contributed by atoms with Gasteiger partial charge >= 0.3 is 0 Å². The quantitative estimate of drug-likeness (QED) is 0.811. The lowest BCUT2D eigenvalue weighted by Crippen LogP contribution is -1.98. The second-order valence-corrected chi connectivity index (χ2v) is 4.60. The van der Waals surface area contributed by atoms with E-state index in [2.05, 4.69) is 5.32 Å². The topological polar surface area (TPSA) is 61.8 Å². The Morgan fingerprint density at radius 1 is 1.11 bits per heavy atom. The van der Waals surface area contributed by atoms with Crippen LogP contribution >= 0.6 is 23.2 Å². The molecule has 2 rings (SSSR count). The molecule has 2 aromatic carbocycles. The first kappa shape index (κ1) is 13.5. The van der Waals surface area contributed by atoms with Crippen molar-refractivity contribution in [1.29, 1.82) is 5.26 Å². The molecule has 2 aromatic rings. The van der Waals surface area contributed by atoms with E-state index in [-0.39, 0.29) is 10.7 Å². The fourth-order valence-corrected chi connectivity index (χ4v) is 1.84. The molecule has 0 heterocycles. The van der Waals surface area contributed by atoms with Crippen LogP contribution in [0.4, 0.5) is 21.5 Å². The summed E-state index contributed by atoms with van der Waals surface area (Å²) in [7, 11) is 0. The van der Waals surface area contributed by atoms with Crippen LogP contribution in [-0.4, -0.2) is 0 Å². The standard InChI is InChI=1S/C13H8Cl2FN3/c14-8-2-1-7(6-17)3-12(8)19-13-5-10(16)9(15)4-11(13)18/h1-5,19H,18H2. The maximum Gasteiger partial charge on any atom is 0.144 e. The average Bonchev–Trinajstić information content (AvgIpc) is 2.38. The zero-order valence-corrected chi connectivity index (χ0v) is 11.1. The minimum Gasteiger partial charge on any atom is -0.397 e. The van der Waals surface area contributed by atoms with Crippen LogP contribution < -0.4 is 11.1 Å². The van der Waals surface area contributed by atoms with Gasteiger partial charge in [-0.2, -0.15) is 5.26 Å². The molecule has 0 amide bonds. The van der Waals surface area contributed by atoms with Gasteiger partial charge in [0.2, 0.25) is 0 Å². The van der Waals surface area contributed by atoms with Crippen LogP contribution in [0, 0.1) is 17.1 Å². The van der Waals surface area contributed by atoms with Gasteiger partial charge < -0.3 is 11.1 Å². The van der Waals surface area contributed by atoms with E-state index in [0.717, 1.165) is 0 Å². The third kappa shape index (κ3) is 2.90. The van der Waals surface area contributed by atoms with E-state index >= 15 is 0 Å². The van der Waals surface area contributed by atoms with E-state index < -0.39 is 5.82 Å². The number of nitriles is 1. The largest absolute Gasteiger partial charge is 0.397 e. The molecule has 0 radical (unpaired) electrons. The zero-order valence-electron chi connectivity index (χ0n) is 9.55. The van der Waals surface area contributed by atoms with Crippen LogP contribution in [0.1, 0.15) is 5.56 Å². The molecule has 0 spiro atoms. The van der Waals surface area contributed by atoms with Gasteiger partial charge in [0.1, 0.15) is 5.82 Å². The summed E-state index contributed by atoms with van der Waals surface area (Å²) in [5, 5.41) is 12.0. The predicted octanol–water partition coefficient (Wildman–Crippen LogP) is 4.33. The Kier molecular flexibility index (Phi) is 3.79. The number of rotatable bonds is 2. The molecule has 0 aromatic heterocycles. The summed E-state index contributed by atoms with van der Waals surface area (Å²) >= 11 is 11.6. The van der Waals surface area contributed by atoms with Crippen molar-refractivity contribution in [2.75, 3.05) is 11.1 Å². The highest BCUT2D eigenvalue weighted by molar-refractivity contribution is 6.33. The average molecular weight is 296 g/mol. The SMILES string of the molecule is N#Cc1ccc(Cl)c(Nc2cc(F)c(Cl)cc2N)c1. The maximum absolute atomic E-state index is 13.4. The third-order valence-electron chi connectivity index (χ3n) is 2.46. The first-order valence-electron chi connectivity index (χ1n) is 5.22. The molecular formula is C13H8Cl2FN3. The minimum atomic E-state index is -0.592. The fourth-order valence-electron chi connectivity index (χ4n) is 1.51. The second-order valence-electron chi connectivity index (χ2n) is 3.78. The van der Waals surface area contributed by atoms with E-state index in [1.54, 1.807) is 18.2 Å². The molecule has 3 N–H and O–H groups in total. The maximum atomic E-state index is 13.4. The van der Waals surface area contributed by atoms with Crippen molar-refractivity contribution in [1.82, 2.24) is 0 Å². The molecule has 0 saturated heterocycles. The molecule has 19 heavy (non-hydrogen) atoms. The number of nitrogens with one attached hydrogen (secondary N) is 1. The minimum absolute atomic E-state index is 0.0556. The first-order chi connectivity index (χ1) is 9.01. The monoisotopic (exact) mass is 295 g/mol. The molecule has 6 heteroatoms. The van der Waals surface area contributed by atoms with E-state index in [9.17, 15) is 4.39 Å². The highest BCUT2D eigenvalue weighted by Crippen LogP contribution is 2.32. The van der Waals surface area contributed by atoms with Crippen molar-refractivity contribution < 1.29 is 4.39 Å². The molecule has 0 aliphatic rings. The van der Waals surface area contributed by atoms with Crippen molar-refractivity contribution in [2.24, 2.45) is 0 Å². The van der Waals surface area contributed by atoms with Crippen LogP contribution in [0.15, 0.2) is 30.3 Å². The smallest absolute Gasteiger partial charge is 0.144 e. The highest BCUT2D eigenvalue weighted by atomic mass is 35.5. The zero-order chi connectivity index (χ0) is 14.0. The number of anilines is 3. The van der Waals surface area contributed by atoms with E-state index in [1.165, 1.54) is 12.1 Å². The van der Waals surface area contributed by atoms with E-state index in [4.69, 9.17) is 34.2 Å². The number of nitrogens with two attached hydrogens (primary N) is 1. The predicted molar refractivity (Wildman–Crippen MR) is 75.3 cm³/mol. The lowest BCUT2D eigenvalue weighted by molar-refractivity contribution is 0.629. The van der Waals surface area contributed by atoms with Gasteiger partial charge in [-0.25, -0.2) is 4.39 Å². The summed E-state index contributed by atoms with van der Waals surface area (Å²) in [6, 6.07) is 9.18. The third-order valence-corrected chi connectivity index (χ3v) is 3.08. The molecule has 0 fully saturated rings. The van der Waals surface area contributed by atoms with Crippen molar-refractivity contribution in [2.45, 2.75) is 0 Å². The van der Waals surface area contributed by atoms with Crippen LogP contribution in [0.5, 0.6) is 0 Å². The van der Waals surface area contributed by atoms with Crippen molar-refractivity contribution >= 4 is 40.3 Å². The Bertz CT molecular complexity index is 680. The van der Waals surface area contributed by atoms with Gasteiger partial charge in [-0.05, 0) is 24.3 Å². The molecule has 0 bridgehead atoms. The van der Waals surface area contributed by atoms with Gasteiger partial charge in [-0.1, -0.05) is 23.2 Å². The molecule has 96 valence electrons. The van der Waals surface area contributed by atoms with Crippen LogP contribution in [0.2, 0.25) is 10.0 Å². The number of hydrogen-bond donors (Lipinski definition) is 2. The Balaban J connectivity index is 2.42. The summed E-state index contributed by atoms with van der Waals surface area (Å²) in [5.41, 5.74) is 7.25. The van der Waals surface area contributed by atoms with Gasteiger partial charge in [0.05, 0.1) is 38.7 Å². The first-order valence-corrected chi connectivity index (χ1v) is 5.98. The van der Waals surface area contributed by atoms with Crippen molar-refractivity contribution in [3.63, 3.8) is 0 Å². The summed E-state index contributed by atoms with van der Waals surface area (Å²) in [5.74, 6) is -0.592. The Hall–Kier alpha value is -1.96. The van der Waals surface area contributed by atoms with Gasteiger partial charge in [-0.15, -0.1) is 0 Å². The van der Waals surface area contributed by atoms with E-state index in [1.807, 2.05) is 6.07 Å². The fraction of sp³-hybridized carbons (Fsp3) is 0. The molecule has 0 aliphatic carbocycles. The summed E-state index contributed by atoms with van der Waals surface area (Å²) < 4.78 is 13.4. The van der Waals surface area contributed by atoms with Crippen LogP contribution in [-0.2, 0) is 0 Å². The lowest BCUT2D eigenvalue weighted by Gasteiger charge is -2.12. The van der Waals surface area contributed by atoms with Crippen molar-refractivity contribution in [3.05, 3.63) is 51.8 Å². The van der Waals surface area contributed by atoms with Crippen molar-refractivity contribution in [3.8, 4) is 6.07 Å². The number of nitrogens with zero attached hydrogens (tertiary/aromatic N) is 1. The van der Waals surface area contributed by atoms with Gasteiger partial charge in [0.25, 0.3) is 0 Å². The van der Waals surface area contributed by atoms with E-state index in [0.29, 0.717) is 22.0 Å². The number of halogens is 3. The summed E-state index contributed by atoms with van der Waals surface area (Å²) in [6.45, 7) is 0. The molecule has 3 nitrogen and oxygen atoms in total. The number of benzene rings is 2. The Morgan fingerprint density at radius 2 is 1.84 bits per heavy atom. The van der Waals surface area contributed by atoms with Gasteiger partial charge in [0.15, 0.2) is 0 Å². The second kappa shape index (κ2) is 5.35. The molecular weight excluding hydrogens is 288 g/mol. The highest BCUT2D eigenvalue weighted by Gasteiger charge is 2.09. The summed E-state index contributed by atoms with van der Waals surface area (Å²) in [6.07, 6.45) is 0. The Morgan fingerprint density at radius 3 is 2.53 bits per heavy atom. The number of nitrogen functional groups attached to an aromatic ring is 1. The van der Waals surface area contributed by atoms with Gasteiger partial charge in [0, 0.05) is 6.07 Å². The van der Waals surface area contributed by atoms with Crippen LogP contribution in [0.25, 0.3) is 0 Å². The Labute approximate surface area is 119 Å².